The van der Waals surface area contributed by atoms with Crippen LogP contribution in [0.3, 0.4) is 0 Å². The smallest absolute Gasteiger partial charge is 0.257 e. The summed E-state index contributed by atoms with van der Waals surface area (Å²) in [6.07, 6.45) is 6.02. The summed E-state index contributed by atoms with van der Waals surface area (Å²) in [5.74, 6) is 0.240. The van der Waals surface area contributed by atoms with Crippen LogP contribution in [0.5, 0.6) is 0 Å². The van der Waals surface area contributed by atoms with Gasteiger partial charge in [-0.05, 0) is 31.7 Å². The topological polar surface area (TPSA) is 81.3 Å². The molecule has 0 spiro atoms. The van der Waals surface area contributed by atoms with Crippen molar-refractivity contribution in [1.29, 1.82) is 0 Å². The van der Waals surface area contributed by atoms with Gasteiger partial charge in [0.25, 0.3) is 5.91 Å². The second-order valence-corrected chi connectivity index (χ2v) is 5.98. The summed E-state index contributed by atoms with van der Waals surface area (Å²) in [6.45, 7) is 6.88. The third kappa shape index (κ3) is 4.24. The van der Waals surface area contributed by atoms with E-state index in [4.69, 9.17) is 10.5 Å². The van der Waals surface area contributed by atoms with Gasteiger partial charge in [-0.2, -0.15) is 0 Å². The highest BCUT2D eigenvalue weighted by Gasteiger charge is 2.26. The number of ether oxygens (including phenoxy) is 1. The summed E-state index contributed by atoms with van der Waals surface area (Å²) < 4.78 is 5.78. The summed E-state index contributed by atoms with van der Waals surface area (Å²) in [4.78, 5) is 22.8. The number of hydrogen-bond donors (Lipinski definition) is 1. The Morgan fingerprint density at radius 1 is 1.45 bits per heavy atom. The number of carbonyl (C=O) groups is 1. The van der Waals surface area contributed by atoms with Gasteiger partial charge in [-0.15, -0.1) is 0 Å². The van der Waals surface area contributed by atoms with Gasteiger partial charge in [0, 0.05) is 25.9 Å². The Morgan fingerprint density at radius 3 is 2.82 bits per heavy atom. The number of likely N-dealkylation sites (tertiary alicyclic amines) is 1. The van der Waals surface area contributed by atoms with E-state index in [0.717, 1.165) is 38.0 Å². The van der Waals surface area contributed by atoms with Crippen LogP contribution in [0.25, 0.3) is 0 Å². The molecule has 0 saturated carbocycles. The lowest BCUT2D eigenvalue weighted by atomic mass is 10.0. The molecule has 1 aliphatic heterocycles. The molecule has 6 heteroatoms. The van der Waals surface area contributed by atoms with Crippen molar-refractivity contribution >= 4 is 5.91 Å². The average molecular weight is 306 g/mol. The lowest BCUT2D eigenvalue weighted by Gasteiger charge is -2.32. The van der Waals surface area contributed by atoms with Crippen LogP contribution in [-0.2, 0) is 4.74 Å². The molecule has 2 heterocycles. The maximum atomic E-state index is 12.7. The molecule has 0 aliphatic carbocycles. The van der Waals surface area contributed by atoms with Crippen LogP contribution in [0.15, 0.2) is 12.5 Å². The monoisotopic (exact) mass is 306 g/mol. The minimum atomic E-state index is 0.0321. The third-order valence-corrected chi connectivity index (χ3v) is 3.95. The second kappa shape index (κ2) is 8.19. The number of rotatable bonds is 6. The van der Waals surface area contributed by atoms with E-state index >= 15 is 0 Å². The van der Waals surface area contributed by atoms with Gasteiger partial charge >= 0.3 is 0 Å². The molecule has 6 nitrogen and oxygen atoms in total. The molecule has 0 aromatic carbocycles. The zero-order valence-electron chi connectivity index (χ0n) is 13.5. The van der Waals surface area contributed by atoms with Crippen molar-refractivity contribution in [3.8, 4) is 0 Å². The third-order valence-electron chi connectivity index (χ3n) is 3.95. The number of nitrogens with two attached hydrogens (primary N) is 1. The molecule has 122 valence electrons. The van der Waals surface area contributed by atoms with Crippen LogP contribution >= 0.6 is 0 Å². The Morgan fingerprint density at radius 2 is 2.18 bits per heavy atom. The summed E-state index contributed by atoms with van der Waals surface area (Å²) in [5.41, 5.74) is 6.91. The van der Waals surface area contributed by atoms with Crippen molar-refractivity contribution in [2.45, 2.75) is 45.1 Å². The molecular formula is C16H26N4O2. The largest absolute Gasteiger partial charge is 0.378 e. The fourth-order valence-corrected chi connectivity index (χ4v) is 2.69. The molecule has 1 aromatic heterocycles. The van der Waals surface area contributed by atoms with Crippen molar-refractivity contribution in [1.82, 2.24) is 14.9 Å². The van der Waals surface area contributed by atoms with Crippen LogP contribution in [0, 0.1) is 0 Å². The summed E-state index contributed by atoms with van der Waals surface area (Å²) >= 11 is 0. The molecule has 2 rings (SSSR count). The lowest BCUT2D eigenvalue weighted by Crippen LogP contribution is -2.41. The first-order valence-corrected chi connectivity index (χ1v) is 8.04. The SMILES string of the molecule is CC(C)c1ncncc1C(=O)N1CCC(OCCCN)CC1. The quantitative estimate of drug-likeness (QED) is 0.807. The van der Waals surface area contributed by atoms with E-state index in [0.29, 0.717) is 18.7 Å². The van der Waals surface area contributed by atoms with Crippen LogP contribution in [-0.4, -0.2) is 53.1 Å². The Hall–Kier alpha value is -1.53. The van der Waals surface area contributed by atoms with Crippen molar-refractivity contribution in [3.63, 3.8) is 0 Å². The lowest BCUT2D eigenvalue weighted by molar-refractivity contribution is 0.00838. The first kappa shape index (κ1) is 16.8. The van der Waals surface area contributed by atoms with Gasteiger partial charge in [-0.1, -0.05) is 13.8 Å². The van der Waals surface area contributed by atoms with Crippen molar-refractivity contribution in [2.75, 3.05) is 26.2 Å². The number of aromatic nitrogens is 2. The highest BCUT2D eigenvalue weighted by Crippen LogP contribution is 2.20. The summed E-state index contributed by atoms with van der Waals surface area (Å²) in [6, 6.07) is 0. The van der Waals surface area contributed by atoms with E-state index in [1.54, 1.807) is 6.20 Å². The number of nitrogens with zero attached hydrogens (tertiary/aromatic N) is 3. The van der Waals surface area contributed by atoms with E-state index in [-0.39, 0.29) is 17.9 Å². The van der Waals surface area contributed by atoms with Gasteiger partial charge in [-0.3, -0.25) is 4.79 Å². The zero-order valence-corrected chi connectivity index (χ0v) is 13.5. The van der Waals surface area contributed by atoms with Crippen LogP contribution in [0.1, 0.15) is 55.1 Å². The van der Waals surface area contributed by atoms with Gasteiger partial charge < -0.3 is 15.4 Å². The minimum absolute atomic E-state index is 0.0321. The number of hydrogen-bond acceptors (Lipinski definition) is 5. The molecule has 1 aromatic rings. The minimum Gasteiger partial charge on any atom is -0.378 e. The van der Waals surface area contributed by atoms with Gasteiger partial charge in [-0.25, -0.2) is 9.97 Å². The summed E-state index contributed by atoms with van der Waals surface area (Å²) in [7, 11) is 0. The molecule has 0 bridgehead atoms. The Balaban J connectivity index is 1.93. The molecule has 1 saturated heterocycles. The first-order chi connectivity index (χ1) is 10.6. The molecule has 0 unspecified atom stereocenters. The van der Waals surface area contributed by atoms with Crippen molar-refractivity contribution < 1.29 is 9.53 Å². The molecule has 2 N–H and O–H groups in total. The highest BCUT2D eigenvalue weighted by molar-refractivity contribution is 5.95. The predicted molar refractivity (Wildman–Crippen MR) is 84.7 cm³/mol. The fourth-order valence-electron chi connectivity index (χ4n) is 2.69. The predicted octanol–water partition coefficient (Wildman–Crippen LogP) is 1.57. The fraction of sp³-hybridized carbons (Fsp3) is 0.688. The molecule has 0 radical (unpaired) electrons. The van der Waals surface area contributed by atoms with E-state index in [1.165, 1.54) is 6.33 Å². The highest BCUT2D eigenvalue weighted by atomic mass is 16.5. The molecule has 1 fully saturated rings. The van der Waals surface area contributed by atoms with Crippen molar-refractivity contribution in [2.24, 2.45) is 5.73 Å². The number of carbonyl (C=O) groups excluding carboxylic acids is 1. The Labute approximate surface area is 132 Å². The average Bonchev–Trinajstić information content (AvgIpc) is 2.55. The van der Waals surface area contributed by atoms with E-state index in [1.807, 2.05) is 18.7 Å². The van der Waals surface area contributed by atoms with Gasteiger partial charge in [0.1, 0.15) is 6.33 Å². The van der Waals surface area contributed by atoms with Gasteiger partial charge in [0.15, 0.2) is 0 Å². The maximum absolute atomic E-state index is 12.7. The molecule has 1 aliphatic rings. The van der Waals surface area contributed by atoms with Crippen LogP contribution in [0.2, 0.25) is 0 Å². The van der Waals surface area contributed by atoms with Gasteiger partial charge in [0.2, 0.25) is 0 Å². The van der Waals surface area contributed by atoms with Crippen molar-refractivity contribution in [3.05, 3.63) is 23.8 Å². The molecule has 1 amide bonds. The molecule has 22 heavy (non-hydrogen) atoms. The number of amides is 1. The van der Waals surface area contributed by atoms with Crippen LogP contribution in [0.4, 0.5) is 0 Å². The molecule has 0 atom stereocenters. The standard InChI is InChI=1S/C16H26N4O2/c1-12(2)15-14(10-18-11-19-15)16(21)20-7-4-13(5-8-20)22-9-3-6-17/h10-13H,3-9,17H2,1-2H3. The number of piperidine rings is 1. The Bertz CT molecular complexity index is 485. The van der Waals surface area contributed by atoms with Gasteiger partial charge in [0.05, 0.1) is 17.4 Å². The first-order valence-electron chi connectivity index (χ1n) is 8.04. The van der Waals surface area contributed by atoms with Crippen LogP contribution < -0.4 is 5.73 Å². The zero-order chi connectivity index (χ0) is 15.9. The van der Waals surface area contributed by atoms with E-state index in [9.17, 15) is 4.79 Å². The maximum Gasteiger partial charge on any atom is 0.257 e. The Kier molecular flexibility index (Phi) is 6.27. The second-order valence-electron chi connectivity index (χ2n) is 5.98. The summed E-state index contributed by atoms with van der Waals surface area (Å²) in [5, 5.41) is 0. The van der Waals surface area contributed by atoms with E-state index < -0.39 is 0 Å². The van der Waals surface area contributed by atoms with E-state index in [2.05, 4.69) is 9.97 Å². The normalized spacial score (nSPS) is 16.3. The molecular weight excluding hydrogens is 280 g/mol.